The minimum Gasteiger partial charge on any atom is -0.477 e. The Morgan fingerprint density at radius 3 is 2.38 bits per heavy atom. The second-order valence-corrected chi connectivity index (χ2v) is 7.39. The van der Waals surface area contributed by atoms with E-state index in [2.05, 4.69) is 4.90 Å². The molecule has 112 valence electrons. The van der Waals surface area contributed by atoms with Gasteiger partial charge >= 0.3 is 5.97 Å². The molecule has 0 spiro atoms. The lowest BCUT2D eigenvalue weighted by Crippen LogP contribution is -2.16. The lowest BCUT2D eigenvalue weighted by atomic mass is 10.2. The molecule has 2 rings (SSSR count). The van der Waals surface area contributed by atoms with E-state index in [1.807, 2.05) is 37.4 Å². The Labute approximate surface area is 130 Å². The first-order chi connectivity index (χ1) is 9.95. The fraction of sp³-hybridized carbons (Fsp3) is 0.267. The van der Waals surface area contributed by atoms with Crippen LogP contribution < -0.4 is 0 Å². The largest absolute Gasteiger partial charge is 0.477 e. The zero-order valence-corrected chi connectivity index (χ0v) is 13.5. The quantitative estimate of drug-likeness (QED) is 0.888. The van der Waals surface area contributed by atoms with Crippen molar-refractivity contribution in [1.29, 1.82) is 0 Å². The van der Waals surface area contributed by atoms with Gasteiger partial charge in [-0.05, 0) is 36.9 Å². The predicted octanol–water partition coefficient (Wildman–Crippen LogP) is 2.82. The van der Waals surface area contributed by atoms with E-state index in [4.69, 9.17) is 5.11 Å². The number of thiophene rings is 1. The second kappa shape index (κ2) is 6.98. The van der Waals surface area contributed by atoms with Crippen LogP contribution in [-0.2, 0) is 23.9 Å². The van der Waals surface area contributed by atoms with Crippen molar-refractivity contribution >= 4 is 28.1 Å². The molecule has 0 radical (unpaired) electrons. The molecule has 1 aromatic heterocycles. The van der Waals surface area contributed by atoms with Crippen LogP contribution in [0.25, 0.3) is 0 Å². The van der Waals surface area contributed by atoms with Crippen molar-refractivity contribution in [2.24, 2.45) is 0 Å². The Hall–Kier alpha value is -1.50. The highest BCUT2D eigenvalue weighted by molar-refractivity contribution is 7.84. The van der Waals surface area contributed by atoms with Gasteiger partial charge in [0.1, 0.15) is 4.88 Å². The second-order valence-electron chi connectivity index (χ2n) is 4.84. The van der Waals surface area contributed by atoms with Gasteiger partial charge in [-0.25, -0.2) is 4.79 Å². The van der Waals surface area contributed by atoms with Crippen molar-refractivity contribution in [3.63, 3.8) is 0 Å². The molecule has 0 saturated carbocycles. The molecule has 1 atom stereocenters. The molecule has 1 unspecified atom stereocenters. The maximum Gasteiger partial charge on any atom is 0.345 e. The number of carboxylic acid groups (broad SMARTS) is 1. The van der Waals surface area contributed by atoms with E-state index in [1.54, 1.807) is 12.3 Å². The molecule has 1 aromatic carbocycles. The highest BCUT2D eigenvalue weighted by atomic mass is 32.2. The highest BCUT2D eigenvalue weighted by Gasteiger charge is 2.09. The molecule has 6 heteroatoms. The maximum absolute atomic E-state index is 11.3. The maximum atomic E-state index is 11.3. The van der Waals surface area contributed by atoms with Crippen LogP contribution in [0.4, 0.5) is 0 Å². The molecule has 1 heterocycles. The van der Waals surface area contributed by atoms with Crippen molar-refractivity contribution in [1.82, 2.24) is 4.90 Å². The van der Waals surface area contributed by atoms with Gasteiger partial charge < -0.3 is 5.11 Å². The van der Waals surface area contributed by atoms with Crippen LogP contribution in [0.15, 0.2) is 41.3 Å². The number of hydrogen-bond donors (Lipinski definition) is 1. The van der Waals surface area contributed by atoms with Gasteiger partial charge in [-0.1, -0.05) is 12.1 Å². The van der Waals surface area contributed by atoms with Crippen LogP contribution in [0, 0.1) is 0 Å². The molecule has 0 aliphatic carbocycles. The minimum absolute atomic E-state index is 0.369. The standard InChI is InChI=1S/C15H17NO3S2/c1-16(10-12-5-8-14(20-12)15(17)18)9-11-3-6-13(7-4-11)21(2)19/h3-8H,9-10H2,1-2H3,(H,17,18). The number of nitrogens with zero attached hydrogens (tertiary/aromatic N) is 1. The van der Waals surface area contributed by atoms with Crippen molar-refractivity contribution in [2.45, 2.75) is 18.0 Å². The number of carbonyl (C=O) groups is 1. The van der Waals surface area contributed by atoms with Gasteiger partial charge in [0, 0.05) is 39.9 Å². The summed E-state index contributed by atoms with van der Waals surface area (Å²) in [5.41, 5.74) is 1.14. The summed E-state index contributed by atoms with van der Waals surface area (Å²) in [6, 6.07) is 11.2. The first-order valence-electron chi connectivity index (χ1n) is 6.38. The molecule has 4 nitrogen and oxygen atoms in total. The zero-order chi connectivity index (χ0) is 15.4. The summed E-state index contributed by atoms with van der Waals surface area (Å²) in [4.78, 5) is 15.2. The minimum atomic E-state index is -0.951. The van der Waals surface area contributed by atoms with Crippen molar-refractivity contribution in [2.75, 3.05) is 13.3 Å². The summed E-state index contributed by atoms with van der Waals surface area (Å²) >= 11 is 1.30. The number of rotatable bonds is 6. The Kier molecular flexibility index (Phi) is 5.27. The van der Waals surface area contributed by atoms with E-state index in [-0.39, 0.29) is 0 Å². The van der Waals surface area contributed by atoms with Crippen LogP contribution in [-0.4, -0.2) is 33.5 Å². The van der Waals surface area contributed by atoms with Gasteiger partial charge in [0.15, 0.2) is 0 Å². The van der Waals surface area contributed by atoms with Crippen LogP contribution in [0.3, 0.4) is 0 Å². The average Bonchev–Trinajstić information content (AvgIpc) is 2.87. The van der Waals surface area contributed by atoms with Crippen LogP contribution in [0.1, 0.15) is 20.1 Å². The van der Waals surface area contributed by atoms with E-state index < -0.39 is 16.8 Å². The van der Waals surface area contributed by atoms with Gasteiger partial charge in [0.05, 0.1) is 0 Å². The molecule has 21 heavy (non-hydrogen) atoms. The molecule has 0 saturated heterocycles. The summed E-state index contributed by atoms with van der Waals surface area (Å²) in [6.07, 6.45) is 1.66. The summed E-state index contributed by atoms with van der Waals surface area (Å²) < 4.78 is 11.3. The van der Waals surface area contributed by atoms with E-state index in [9.17, 15) is 9.00 Å². The molecule has 0 aliphatic rings. The van der Waals surface area contributed by atoms with Crippen LogP contribution in [0.5, 0.6) is 0 Å². The van der Waals surface area contributed by atoms with Gasteiger partial charge in [-0.3, -0.25) is 9.11 Å². The van der Waals surface area contributed by atoms with E-state index in [0.717, 1.165) is 21.9 Å². The predicted molar refractivity (Wildman–Crippen MR) is 85.2 cm³/mol. The molecular weight excluding hydrogens is 306 g/mol. The van der Waals surface area contributed by atoms with Gasteiger partial charge in [-0.2, -0.15) is 0 Å². The van der Waals surface area contributed by atoms with Gasteiger partial charge in [-0.15, -0.1) is 11.3 Å². The Bertz CT molecular complexity index is 649. The lowest BCUT2D eigenvalue weighted by Gasteiger charge is -2.15. The van der Waals surface area contributed by atoms with Crippen molar-refractivity contribution < 1.29 is 14.1 Å². The molecule has 2 aromatic rings. The Morgan fingerprint density at radius 1 is 1.19 bits per heavy atom. The van der Waals surface area contributed by atoms with Gasteiger partial charge in [0.25, 0.3) is 0 Å². The fourth-order valence-corrected chi connectivity index (χ4v) is 3.44. The Morgan fingerprint density at radius 2 is 1.86 bits per heavy atom. The van der Waals surface area contributed by atoms with E-state index in [0.29, 0.717) is 11.4 Å². The lowest BCUT2D eigenvalue weighted by molar-refractivity contribution is 0.0702. The third kappa shape index (κ3) is 4.49. The number of aromatic carboxylic acids is 1. The third-order valence-electron chi connectivity index (χ3n) is 3.01. The number of benzene rings is 1. The smallest absolute Gasteiger partial charge is 0.345 e. The zero-order valence-electron chi connectivity index (χ0n) is 11.9. The highest BCUT2D eigenvalue weighted by Crippen LogP contribution is 2.19. The molecule has 0 fully saturated rings. The number of carboxylic acids is 1. The average molecular weight is 323 g/mol. The van der Waals surface area contributed by atoms with Crippen LogP contribution >= 0.6 is 11.3 Å². The SMILES string of the molecule is CN(Cc1ccc(S(C)=O)cc1)Cc1ccc(C(=O)O)s1. The summed E-state index contributed by atoms with van der Waals surface area (Å²) in [5, 5.41) is 8.91. The number of hydrogen-bond acceptors (Lipinski definition) is 4. The fourth-order valence-electron chi connectivity index (χ4n) is 2.00. The van der Waals surface area contributed by atoms with Crippen molar-refractivity contribution in [3.05, 3.63) is 51.7 Å². The monoisotopic (exact) mass is 323 g/mol. The summed E-state index contributed by atoms with van der Waals surface area (Å²) in [5.74, 6) is -0.878. The third-order valence-corrected chi connectivity index (χ3v) is 5.00. The molecular formula is C15H17NO3S2. The summed E-state index contributed by atoms with van der Waals surface area (Å²) in [7, 11) is 1.04. The molecule has 0 bridgehead atoms. The van der Waals surface area contributed by atoms with Crippen molar-refractivity contribution in [3.8, 4) is 0 Å². The summed E-state index contributed by atoms with van der Waals surface area (Å²) in [6.45, 7) is 1.47. The van der Waals surface area contributed by atoms with E-state index >= 15 is 0 Å². The molecule has 0 aliphatic heterocycles. The molecule has 1 N–H and O–H groups in total. The molecule has 0 amide bonds. The van der Waals surface area contributed by atoms with Crippen LogP contribution in [0.2, 0.25) is 0 Å². The first-order valence-corrected chi connectivity index (χ1v) is 8.76. The van der Waals surface area contributed by atoms with E-state index in [1.165, 1.54) is 11.3 Å². The first kappa shape index (κ1) is 15.9. The Balaban J connectivity index is 1.95. The topological polar surface area (TPSA) is 57.6 Å². The van der Waals surface area contributed by atoms with Gasteiger partial charge in [0.2, 0.25) is 0 Å². The normalized spacial score (nSPS) is 12.5.